The summed E-state index contributed by atoms with van der Waals surface area (Å²) in [6.07, 6.45) is 73.6. The molecule has 0 aromatic rings. The Morgan fingerprint density at radius 1 is 0.380 bits per heavy atom. The van der Waals surface area contributed by atoms with E-state index >= 15 is 0 Å². The molecule has 6 nitrogen and oxygen atoms in total. The van der Waals surface area contributed by atoms with E-state index in [0.29, 0.717) is 25.9 Å². The molecular formula is C65H127NO5. The van der Waals surface area contributed by atoms with E-state index in [4.69, 9.17) is 4.74 Å². The predicted octanol–water partition coefficient (Wildman–Crippen LogP) is 20.4. The Morgan fingerprint density at radius 2 is 0.662 bits per heavy atom. The van der Waals surface area contributed by atoms with Gasteiger partial charge in [-0.1, -0.05) is 315 Å². The second kappa shape index (κ2) is 61.1. The first-order valence-corrected chi connectivity index (χ1v) is 32.4. The van der Waals surface area contributed by atoms with Crippen LogP contribution >= 0.6 is 0 Å². The Balaban J connectivity index is 3.40. The van der Waals surface area contributed by atoms with E-state index < -0.39 is 12.1 Å². The Bertz CT molecular complexity index is 1060. The fraction of sp³-hybridized carbons (Fsp3) is 0.938. The van der Waals surface area contributed by atoms with Gasteiger partial charge in [-0.05, 0) is 51.4 Å². The zero-order valence-electron chi connectivity index (χ0n) is 48.2. The summed E-state index contributed by atoms with van der Waals surface area (Å²) in [5.41, 5.74) is 0. The van der Waals surface area contributed by atoms with Crippen LogP contribution in [-0.2, 0) is 14.3 Å². The molecular weight excluding hydrogens is 875 g/mol. The van der Waals surface area contributed by atoms with Crippen molar-refractivity contribution < 1.29 is 24.5 Å². The maximum Gasteiger partial charge on any atom is 0.305 e. The highest BCUT2D eigenvalue weighted by atomic mass is 16.5. The number of amides is 1. The topological polar surface area (TPSA) is 95.9 Å². The molecule has 0 saturated heterocycles. The first-order valence-electron chi connectivity index (χ1n) is 32.4. The Labute approximate surface area is 444 Å². The summed E-state index contributed by atoms with van der Waals surface area (Å²) in [7, 11) is 0. The number of aliphatic hydroxyl groups is 2. The maximum atomic E-state index is 12.5. The quantitative estimate of drug-likeness (QED) is 0.0320. The van der Waals surface area contributed by atoms with Crippen molar-refractivity contribution in [3.05, 3.63) is 12.2 Å². The van der Waals surface area contributed by atoms with E-state index in [1.807, 2.05) is 0 Å². The third-order valence-electron chi connectivity index (χ3n) is 15.3. The monoisotopic (exact) mass is 1000 g/mol. The number of hydrogen-bond acceptors (Lipinski definition) is 5. The molecule has 0 fully saturated rings. The standard InChI is InChI=1S/C65H127NO5/c1-3-5-7-9-11-13-15-17-19-21-22-23-26-29-33-37-41-45-49-53-57-63(68)62(61-67)66-64(69)58-54-50-46-42-38-34-30-27-24-25-28-32-36-40-44-48-52-56-60-71-65(70)59-55-51-47-43-39-35-31-20-18-16-14-12-10-8-6-4-2/h20,31,62-63,67-68H,3-19,21-30,32-61H2,1-2H3,(H,66,69)/b31-20-. The molecule has 0 aliphatic rings. The van der Waals surface area contributed by atoms with Crippen molar-refractivity contribution in [2.45, 2.75) is 379 Å². The number of carbonyl (C=O) groups excluding carboxylic acids is 2. The lowest BCUT2D eigenvalue weighted by molar-refractivity contribution is -0.143. The average Bonchev–Trinajstić information content (AvgIpc) is 3.37. The first-order chi connectivity index (χ1) is 35.0. The molecule has 0 aliphatic carbocycles. The van der Waals surface area contributed by atoms with Crippen LogP contribution < -0.4 is 5.32 Å². The van der Waals surface area contributed by atoms with Crippen LogP contribution in [0.25, 0.3) is 0 Å². The third kappa shape index (κ3) is 57.7. The van der Waals surface area contributed by atoms with Crippen molar-refractivity contribution in [1.82, 2.24) is 5.32 Å². The van der Waals surface area contributed by atoms with Crippen LogP contribution in [0.1, 0.15) is 367 Å². The second-order valence-corrected chi connectivity index (χ2v) is 22.5. The van der Waals surface area contributed by atoms with Gasteiger partial charge in [-0.2, -0.15) is 0 Å². The zero-order chi connectivity index (χ0) is 51.4. The van der Waals surface area contributed by atoms with Gasteiger partial charge in [0.05, 0.1) is 25.4 Å². The minimum atomic E-state index is -0.667. The molecule has 0 spiro atoms. The molecule has 0 aromatic carbocycles. The lowest BCUT2D eigenvalue weighted by atomic mass is 10.0. The molecule has 6 heteroatoms. The van der Waals surface area contributed by atoms with Gasteiger partial charge in [0.2, 0.25) is 5.91 Å². The van der Waals surface area contributed by atoms with Crippen LogP contribution in [0, 0.1) is 0 Å². The fourth-order valence-corrected chi connectivity index (χ4v) is 10.3. The summed E-state index contributed by atoms with van der Waals surface area (Å²) in [5, 5.41) is 23.4. The van der Waals surface area contributed by atoms with E-state index in [9.17, 15) is 19.8 Å². The summed E-state index contributed by atoms with van der Waals surface area (Å²) in [6, 6.07) is -0.545. The number of nitrogens with one attached hydrogen (secondary N) is 1. The molecule has 0 aliphatic heterocycles. The van der Waals surface area contributed by atoms with Gasteiger partial charge in [0.25, 0.3) is 0 Å². The normalized spacial score (nSPS) is 12.6. The summed E-state index contributed by atoms with van der Waals surface area (Å²) < 4.78 is 5.49. The van der Waals surface area contributed by atoms with Gasteiger partial charge in [0, 0.05) is 12.8 Å². The number of unbranched alkanes of at least 4 members (excludes halogenated alkanes) is 48. The predicted molar refractivity (Wildman–Crippen MR) is 310 cm³/mol. The molecule has 71 heavy (non-hydrogen) atoms. The molecule has 2 atom stereocenters. The molecule has 0 heterocycles. The lowest BCUT2D eigenvalue weighted by Gasteiger charge is -2.22. The van der Waals surface area contributed by atoms with E-state index in [1.165, 1.54) is 289 Å². The highest BCUT2D eigenvalue weighted by molar-refractivity contribution is 5.76. The van der Waals surface area contributed by atoms with Crippen LogP contribution in [-0.4, -0.2) is 47.4 Å². The molecule has 0 aromatic heterocycles. The van der Waals surface area contributed by atoms with Gasteiger partial charge < -0.3 is 20.3 Å². The van der Waals surface area contributed by atoms with Crippen LogP contribution in [0.15, 0.2) is 12.2 Å². The van der Waals surface area contributed by atoms with Gasteiger partial charge in [0.1, 0.15) is 0 Å². The smallest absolute Gasteiger partial charge is 0.305 e. The molecule has 0 bridgehead atoms. The van der Waals surface area contributed by atoms with Crippen molar-refractivity contribution >= 4 is 11.9 Å². The van der Waals surface area contributed by atoms with E-state index in [2.05, 4.69) is 31.3 Å². The number of allylic oxidation sites excluding steroid dienone is 2. The van der Waals surface area contributed by atoms with Crippen LogP contribution in [0.4, 0.5) is 0 Å². The second-order valence-electron chi connectivity index (χ2n) is 22.5. The number of aliphatic hydroxyl groups excluding tert-OH is 2. The highest BCUT2D eigenvalue weighted by Crippen LogP contribution is 2.18. The first kappa shape index (κ1) is 69.6. The SMILES string of the molecule is CCCCCCCCC/C=C\CCCCCCCC(=O)OCCCCCCCCCCCCCCCCCCCCC(=O)NC(CO)C(O)CCCCCCCCCCCCCCCCCCCCCC. The van der Waals surface area contributed by atoms with Crippen LogP contribution in [0.3, 0.4) is 0 Å². The molecule has 0 rings (SSSR count). The van der Waals surface area contributed by atoms with E-state index in [1.54, 1.807) is 0 Å². The van der Waals surface area contributed by atoms with Gasteiger partial charge in [-0.25, -0.2) is 0 Å². The number of hydrogen-bond donors (Lipinski definition) is 3. The van der Waals surface area contributed by atoms with Crippen molar-refractivity contribution in [1.29, 1.82) is 0 Å². The minimum Gasteiger partial charge on any atom is -0.466 e. The largest absolute Gasteiger partial charge is 0.466 e. The summed E-state index contributed by atoms with van der Waals surface area (Å²) in [6.45, 7) is 4.97. The molecule has 422 valence electrons. The Kier molecular flexibility index (Phi) is 59.9. The summed E-state index contributed by atoms with van der Waals surface area (Å²) in [4.78, 5) is 24.6. The van der Waals surface area contributed by atoms with Gasteiger partial charge >= 0.3 is 5.97 Å². The van der Waals surface area contributed by atoms with Crippen molar-refractivity contribution in [3.63, 3.8) is 0 Å². The van der Waals surface area contributed by atoms with Crippen LogP contribution in [0.5, 0.6) is 0 Å². The maximum absolute atomic E-state index is 12.5. The van der Waals surface area contributed by atoms with E-state index in [-0.39, 0.29) is 18.5 Å². The highest BCUT2D eigenvalue weighted by Gasteiger charge is 2.20. The van der Waals surface area contributed by atoms with Crippen molar-refractivity contribution in [2.75, 3.05) is 13.2 Å². The molecule has 3 N–H and O–H groups in total. The zero-order valence-corrected chi connectivity index (χ0v) is 48.2. The Hall–Kier alpha value is -1.40. The van der Waals surface area contributed by atoms with Gasteiger partial charge in [-0.3, -0.25) is 9.59 Å². The number of carbonyl (C=O) groups is 2. The van der Waals surface area contributed by atoms with Gasteiger partial charge in [0.15, 0.2) is 0 Å². The molecule has 0 saturated carbocycles. The molecule has 0 radical (unpaired) electrons. The van der Waals surface area contributed by atoms with E-state index in [0.717, 1.165) is 44.9 Å². The van der Waals surface area contributed by atoms with Crippen LogP contribution in [0.2, 0.25) is 0 Å². The number of rotatable bonds is 61. The van der Waals surface area contributed by atoms with Crippen molar-refractivity contribution in [2.24, 2.45) is 0 Å². The fourth-order valence-electron chi connectivity index (χ4n) is 10.3. The average molecular weight is 1000 g/mol. The number of esters is 1. The number of ether oxygens (including phenoxy) is 1. The lowest BCUT2D eigenvalue weighted by Crippen LogP contribution is -2.45. The minimum absolute atomic E-state index is 0.00112. The summed E-state index contributed by atoms with van der Waals surface area (Å²) >= 11 is 0. The Morgan fingerprint density at radius 3 is 1.00 bits per heavy atom. The molecule has 1 amide bonds. The van der Waals surface area contributed by atoms with Crippen molar-refractivity contribution in [3.8, 4) is 0 Å². The third-order valence-corrected chi connectivity index (χ3v) is 15.3. The summed E-state index contributed by atoms with van der Waals surface area (Å²) in [5.74, 6) is -0.0339. The van der Waals surface area contributed by atoms with Gasteiger partial charge in [-0.15, -0.1) is 0 Å². The molecule has 2 unspecified atom stereocenters.